The molecule has 2 amide bonds. The number of rotatable bonds is 7. The minimum Gasteiger partial charge on any atom is -0.489 e. The number of hydrogen-bond donors (Lipinski definition) is 1. The summed E-state index contributed by atoms with van der Waals surface area (Å²) >= 11 is 0. The van der Waals surface area contributed by atoms with Gasteiger partial charge in [0.25, 0.3) is 0 Å². The molecule has 0 spiro atoms. The van der Waals surface area contributed by atoms with Crippen molar-refractivity contribution in [3.63, 3.8) is 0 Å². The van der Waals surface area contributed by atoms with Crippen molar-refractivity contribution >= 4 is 11.8 Å². The Balaban J connectivity index is 1.62. The molecule has 1 aromatic carbocycles. The molecule has 2 aromatic rings. The smallest absolute Gasteiger partial charge is 0.250 e. The molecule has 9 nitrogen and oxygen atoms in total. The summed E-state index contributed by atoms with van der Waals surface area (Å²) in [5, 5.41) is 10.8. The molecular weight excluding hydrogens is 424 g/mol. The lowest BCUT2D eigenvalue weighted by Gasteiger charge is -2.24. The van der Waals surface area contributed by atoms with E-state index in [-0.39, 0.29) is 18.4 Å². The summed E-state index contributed by atoms with van der Waals surface area (Å²) in [6, 6.07) is 11.1. The molecule has 1 saturated heterocycles. The van der Waals surface area contributed by atoms with Crippen LogP contribution in [0.25, 0.3) is 11.1 Å². The average molecular weight is 450 g/mol. The van der Waals surface area contributed by atoms with E-state index in [9.17, 15) is 14.9 Å². The fourth-order valence-corrected chi connectivity index (χ4v) is 4.28. The number of carbonyl (C=O) groups is 2. The van der Waals surface area contributed by atoms with Crippen molar-refractivity contribution in [3.8, 4) is 22.9 Å². The molecule has 2 unspecified atom stereocenters. The molecule has 33 heavy (non-hydrogen) atoms. The van der Waals surface area contributed by atoms with Gasteiger partial charge in [-0.2, -0.15) is 5.26 Å². The van der Waals surface area contributed by atoms with Gasteiger partial charge in [-0.25, -0.2) is 5.06 Å². The first kappa shape index (κ1) is 22.7. The summed E-state index contributed by atoms with van der Waals surface area (Å²) in [6.45, 7) is 1.30. The summed E-state index contributed by atoms with van der Waals surface area (Å²) in [4.78, 5) is 34.3. The molecule has 2 heterocycles. The Labute approximate surface area is 192 Å². The number of pyridine rings is 1. The van der Waals surface area contributed by atoms with Gasteiger partial charge in [0.05, 0.1) is 37.5 Å². The zero-order chi connectivity index (χ0) is 23.6. The van der Waals surface area contributed by atoms with Gasteiger partial charge in [-0.15, -0.1) is 0 Å². The fraction of sp³-hybridized carbons (Fsp3) is 0.417. The van der Waals surface area contributed by atoms with Gasteiger partial charge in [0.15, 0.2) is 0 Å². The minimum atomic E-state index is -1.18. The number of hydroxylamine groups is 2. The zero-order valence-electron chi connectivity index (χ0n) is 18.6. The molecule has 1 aromatic heterocycles. The van der Waals surface area contributed by atoms with E-state index < -0.39 is 17.2 Å². The summed E-state index contributed by atoms with van der Waals surface area (Å²) < 4.78 is 11.4. The molecule has 1 saturated carbocycles. The Morgan fingerprint density at radius 3 is 2.64 bits per heavy atom. The Morgan fingerprint density at radius 2 is 1.97 bits per heavy atom. The normalized spacial score (nSPS) is 22.3. The van der Waals surface area contributed by atoms with Crippen LogP contribution in [0.3, 0.4) is 0 Å². The van der Waals surface area contributed by atoms with E-state index in [0.29, 0.717) is 30.2 Å². The molecule has 0 bridgehead atoms. The van der Waals surface area contributed by atoms with Crippen LogP contribution in [-0.2, 0) is 24.6 Å². The molecule has 2 N–H and O–H groups in total. The third kappa shape index (κ3) is 4.27. The standard InChI is InChI=1S/C24H26N4O5/c1-28(31-2)22(29)19-13-24(19,23(26)30)21-12-16(5-8-27-21)15-3-4-20(17(11-15)14-25)33-18-6-9-32-10-7-18/h3-5,8,11-12,18-19H,6-7,9-10,13H2,1-2H3,(H2,26,30). The van der Waals surface area contributed by atoms with Gasteiger partial charge in [-0.05, 0) is 41.8 Å². The molecule has 1 aliphatic carbocycles. The van der Waals surface area contributed by atoms with Gasteiger partial charge in [-0.3, -0.25) is 19.4 Å². The second-order valence-electron chi connectivity index (χ2n) is 8.29. The zero-order valence-corrected chi connectivity index (χ0v) is 18.6. The maximum absolute atomic E-state index is 12.6. The van der Waals surface area contributed by atoms with E-state index in [2.05, 4.69) is 11.1 Å². The van der Waals surface area contributed by atoms with Gasteiger partial charge < -0.3 is 15.2 Å². The van der Waals surface area contributed by atoms with Crippen LogP contribution < -0.4 is 10.5 Å². The average Bonchev–Trinajstić information content (AvgIpc) is 3.61. The van der Waals surface area contributed by atoms with E-state index in [4.69, 9.17) is 20.0 Å². The second kappa shape index (κ2) is 9.17. The van der Waals surface area contributed by atoms with Gasteiger partial charge in [0, 0.05) is 26.1 Å². The van der Waals surface area contributed by atoms with Crippen LogP contribution in [0.4, 0.5) is 0 Å². The number of nitriles is 1. The predicted molar refractivity (Wildman–Crippen MR) is 118 cm³/mol. The first-order chi connectivity index (χ1) is 15.9. The van der Waals surface area contributed by atoms with Crippen molar-refractivity contribution < 1.29 is 23.9 Å². The van der Waals surface area contributed by atoms with Crippen LogP contribution in [0.15, 0.2) is 36.5 Å². The molecule has 1 aliphatic heterocycles. The lowest BCUT2D eigenvalue weighted by molar-refractivity contribution is -0.171. The Morgan fingerprint density at radius 1 is 1.24 bits per heavy atom. The number of carbonyl (C=O) groups excluding carboxylic acids is 2. The molecular formula is C24H26N4O5. The largest absolute Gasteiger partial charge is 0.489 e. The molecule has 0 radical (unpaired) electrons. The van der Waals surface area contributed by atoms with Crippen molar-refractivity contribution in [2.45, 2.75) is 30.8 Å². The lowest BCUT2D eigenvalue weighted by atomic mass is 9.94. The first-order valence-corrected chi connectivity index (χ1v) is 10.8. The number of nitrogens with two attached hydrogens (primary N) is 1. The lowest BCUT2D eigenvalue weighted by Crippen LogP contribution is -2.37. The molecule has 9 heteroatoms. The van der Waals surface area contributed by atoms with Crippen LogP contribution in [0.1, 0.15) is 30.5 Å². The third-order valence-electron chi connectivity index (χ3n) is 6.40. The molecule has 2 atom stereocenters. The van der Waals surface area contributed by atoms with Crippen molar-refractivity contribution in [1.29, 1.82) is 5.26 Å². The SMILES string of the molecule is CON(C)C(=O)C1CC1(C(N)=O)c1cc(-c2ccc(OC3CCOCC3)c(C#N)c2)ccn1. The van der Waals surface area contributed by atoms with Crippen molar-refractivity contribution in [2.75, 3.05) is 27.4 Å². The summed E-state index contributed by atoms with van der Waals surface area (Å²) in [5.41, 5.74) is 6.92. The maximum Gasteiger partial charge on any atom is 0.250 e. The van der Waals surface area contributed by atoms with E-state index >= 15 is 0 Å². The monoisotopic (exact) mass is 450 g/mol. The fourth-order valence-electron chi connectivity index (χ4n) is 4.28. The highest BCUT2D eigenvalue weighted by atomic mass is 16.7. The van der Waals surface area contributed by atoms with E-state index in [1.807, 2.05) is 6.07 Å². The van der Waals surface area contributed by atoms with Crippen LogP contribution in [-0.4, -0.2) is 55.3 Å². The van der Waals surface area contributed by atoms with Crippen LogP contribution in [0, 0.1) is 17.2 Å². The van der Waals surface area contributed by atoms with Crippen LogP contribution in [0.2, 0.25) is 0 Å². The Kier molecular flexibility index (Phi) is 6.31. The predicted octanol–water partition coefficient (Wildman–Crippen LogP) is 1.94. The number of primary amides is 1. The summed E-state index contributed by atoms with van der Waals surface area (Å²) in [6.07, 6.45) is 3.44. The topological polar surface area (TPSA) is 128 Å². The number of aromatic nitrogens is 1. The first-order valence-electron chi connectivity index (χ1n) is 10.8. The van der Waals surface area contributed by atoms with Crippen molar-refractivity contribution in [1.82, 2.24) is 10.0 Å². The quantitative estimate of drug-likeness (QED) is 0.639. The highest BCUT2D eigenvalue weighted by Crippen LogP contribution is 2.54. The van der Waals surface area contributed by atoms with E-state index in [1.54, 1.807) is 30.5 Å². The molecule has 172 valence electrons. The molecule has 4 rings (SSSR count). The number of hydrogen-bond acceptors (Lipinski definition) is 7. The van der Waals surface area contributed by atoms with Crippen molar-refractivity contribution in [3.05, 3.63) is 47.8 Å². The molecule has 2 aliphatic rings. The highest BCUT2D eigenvalue weighted by Gasteiger charge is 2.65. The van der Waals surface area contributed by atoms with Gasteiger partial charge >= 0.3 is 0 Å². The van der Waals surface area contributed by atoms with Crippen molar-refractivity contribution in [2.24, 2.45) is 11.7 Å². The van der Waals surface area contributed by atoms with Gasteiger partial charge in [0.2, 0.25) is 11.8 Å². The Bertz CT molecular complexity index is 1110. The maximum atomic E-state index is 12.6. The second-order valence-corrected chi connectivity index (χ2v) is 8.29. The minimum absolute atomic E-state index is 0.0224. The third-order valence-corrected chi connectivity index (χ3v) is 6.40. The van der Waals surface area contributed by atoms with E-state index in [1.165, 1.54) is 14.2 Å². The van der Waals surface area contributed by atoms with Crippen LogP contribution >= 0.6 is 0 Å². The van der Waals surface area contributed by atoms with E-state index in [0.717, 1.165) is 29.0 Å². The van der Waals surface area contributed by atoms with Crippen LogP contribution in [0.5, 0.6) is 5.75 Å². The number of ether oxygens (including phenoxy) is 2. The summed E-state index contributed by atoms with van der Waals surface area (Å²) in [7, 11) is 2.87. The highest BCUT2D eigenvalue weighted by molar-refractivity contribution is 5.99. The Hall–Kier alpha value is -3.48. The number of nitrogens with zero attached hydrogens (tertiary/aromatic N) is 3. The summed E-state index contributed by atoms with van der Waals surface area (Å²) in [5.74, 6) is -1.03. The van der Waals surface area contributed by atoms with Gasteiger partial charge in [0.1, 0.15) is 23.3 Å². The number of benzene rings is 1. The van der Waals surface area contributed by atoms with Gasteiger partial charge in [-0.1, -0.05) is 6.07 Å². The molecule has 2 fully saturated rings. The number of amides is 2.